The van der Waals surface area contributed by atoms with E-state index >= 15 is 0 Å². The van der Waals surface area contributed by atoms with Gasteiger partial charge in [0.25, 0.3) is 0 Å². The van der Waals surface area contributed by atoms with E-state index < -0.39 is 41.9 Å². The molecule has 1 aliphatic heterocycles. The molecule has 49 heavy (non-hydrogen) atoms. The van der Waals surface area contributed by atoms with Crippen LogP contribution in [0, 0.1) is 5.82 Å². The number of nitrogens with zero attached hydrogens (tertiary/aromatic N) is 2. The second-order valence-electron chi connectivity index (χ2n) is 13.0. The number of ether oxygens (including phenoxy) is 2. The average molecular weight is 667 g/mol. The minimum absolute atomic E-state index is 0.0359. The molecular formula is C39H41FN4O5. The van der Waals surface area contributed by atoms with E-state index in [0.717, 1.165) is 28.3 Å². The molecule has 0 saturated carbocycles. The topological polar surface area (TPSA) is 100 Å². The van der Waals surface area contributed by atoms with Crippen molar-refractivity contribution in [3.63, 3.8) is 0 Å². The molecule has 0 aromatic heterocycles. The maximum Gasteiger partial charge on any atom is 0.410 e. The van der Waals surface area contributed by atoms with Crippen LogP contribution in [0.3, 0.4) is 0 Å². The van der Waals surface area contributed by atoms with Gasteiger partial charge < -0.3 is 29.9 Å². The Morgan fingerprint density at radius 3 is 2.12 bits per heavy atom. The fourth-order valence-electron chi connectivity index (χ4n) is 6.17. The van der Waals surface area contributed by atoms with Crippen LogP contribution in [0.2, 0.25) is 0 Å². The number of nitrogens with one attached hydrogen (secondary N) is 2. The highest BCUT2D eigenvalue weighted by Gasteiger charge is 2.31. The first kappa shape index (κ1) is 30.9. The molecule has 9 nitrogen and oxygen atoms in total. The van der Waals surface area contributed by atoms with Crippen LogP contribution in [-0.2, 0) is 20.6 Å². The van der Waals surface area contributed by atoms with E-state index in [0.29, 0.717) is 31.9 Å². The van der Waals surface area contributed by atoms with Crippen LogP contribution < -0.4 is 15.5 Å². The zero-order valence-corrected chi connectivity index (χ0v) is 27.7. The first-order chi connectivity index (χ1) is 24.3. The zero-order valence-electron chi connectivity index (χ0n) is 29.7. The molecule has 0 unspecified atom stereocenters. The summed E-state index contributed by atoms with van der Waals surface area (Å²) in [6.07, 6.45) is -3.81. The zero-order chi connectivity index (χ0) is 36.3. The lowest BCUT2D eigenvalue weighted by atomic mass is 9.98. The Hall–Kier alpha value is -5.38. The Labute approximate surface area is 288 Å². The van der Waals surface area contributed by atoms with Gasteiger partial charge in [-0.1, -0.05) is 78.9 Å². The van der Waals surface area contributed by atoms with Crippen molar-refractivity contribution in [1.29, 1.82) is 0 Å². The number of benzene rings is 4. The average Bonchev–Trinajstić information content (AvgIpc) is 3.43. The standard InChI is InChI=1S/C39H41FN4O5/c1-39(2,3)49-38(47)44-21-19-43(20-22-44)35-18-17-27(40)24-33(35)41-36(45)34(23-26-11-5-4-6-12-26)42-37(46)48-25-32-30-15-9-7-13-28(30)29-14-8-10-16-31(29)32/h4-18,24,32,34H,19-23,25H2,1-3H3,(H,41,45)(H,42,46)/t34-/m1/s1/i23D2. The second-order valence-corrected chi connectivity index (χ2v) is 13.0. The van der Waals surface area contributed by atoms with Gasteiger partial charge in [-0.05, 0) is 66.8 Å². The largest absolute Gasteiger partial charge is 0.449 e. The van der Waals surface area contributed by atoms with Crippen molar-refractivity contribution in [3.05, 3.63) is 120 Å². The summed E-state index contributed by atoms with van der Waals surface area (Å²) in [5.41, 5.74) is 4.20. The molecule has 2 aliphatic rings. The lowest BCUT2D eigenvalue weighted by Gasteiger charge is -2.37. The maximum absolute atomic E-state index is 14.7. The second kappa shape index (κ2) is 14.4. The molecule has 3 amide bonds. The number of halogens is 1. The summed E-state index contributed by atoms with van der Waals surface area (Å²) in [5, 5.41) is 5.17. The van der Waals surface area contributed by atoms with E-state index in [1.54, 1.807) is 43.9 Å². The summed E-state index contributed by atoms with van der Waals surface area (Å²) in [4.78, 5) is 43.6. The molecule has 1 fully saturated rings. The van der Waals surface area contributed by atoms with Crippen molar-refractivity contribution in [3.8, 4) is 11.1 Å². The lowest BCUT2D eigenvalue weighted by Crippen LogP contribution is -2.50. The minimum atomic E-state index is -2.40. The SMILES string of the molecule is [2H]C([2H])(c1ccccc1)[C@@H](NC(=O)OCC1c2ccccc2-c2ccccc21)C(=O)Nc1cc(F)ccc1N1CCN(C(=O)OC(C)(C)C)CC1. The van der Waals surface area contributed by atoms with E-state index in [9.17, 15) is 18.8 Å². The van der Waals surface area contributed by atoms with E-state index in [1.165, 1.54) is 24.3 Å². The van der Waals surface area contributed by atoms with Crippen molar-refractivity contribution < 1.29 is 31.0 Å². The van der Waals surface area contributed by atoms with Crippen LogP contribution in [-0.4, -0.2) is 67.4 Å². The third-order valence-electron chi connectivity index (χ3n) is 8.44. The van der Waals surface area contributed by atoms with Gasteiger partial charge in [-0.2, -0.15) is 0 Å². The number of carbonyl (C=O) groups is 3. The van der Waals surface area contributed by atoms with Gasteiger partial charge in [0.1, 0.15) is 24.1 Å². The summed E-state index contributed by atoms with van der Waals surface area (Å²) in [6, 6.07) is 26.0. The van der Waals surface area contributed by atoms with Gasteiger partial charge in [-0.25, -0.2) is 14.0 Å². The molecule has 1 heterocycles. The fourth-order valence-corrected chi connectivity index (χ4v) is 6.17. The normalized spacial score (nSPS) is 15.7. The summed E-state index contributed by atoms with van der Waals surface area (Å²) in [5.74, 6) is -1.77. The van der Waals surface area contributed by atoms with Gasteiger partial charge >= 0.3 is 12.2 Å². The third kappa shape index (κ3) is 8.02. The van der Waals surface area contributed by atoms with Gasteiger partial charge in [0, 0.05) is 41.2 Å². The Bertz CT molecular complexity index is 1870. The molecule has 0 bridgehead atoms. The molecule has 0 radical (unpaired) electrons. The quantitative estimate of drug-likeness (QED) is 0.211. The van der Waals surface area contributed by atoms with Crippen molar-refractivity contribution >= 4 is 29.5 Å². The number of fused-ring (bicyclic) bond motifs is 3. The van der Waals surface area contributed by atoms with E-state index in [2.05, 4.69) is 10.6 Å². The van der Waals surface area contributed by atoms with E-state index in [-0.39, 0.29) is 23.8 Å². The maximum atomic E-state index is 14.7. The van der Waals surface area contributed by atoms with Gasteiger partial charge in [0.15, 0.2) is 0 Å². The molecule has 6 rings (SSSR count). The minimum Gasteiger partial charge on any atom is -0.449 e. The number of alkyl carbamates (subject to hydrolysis) is 1. The number of amides is 3. The Morgan fingerprint density at radius 2 is 1.49 bits per heavy atom. The van der Waals surface area contributed by atoms with Crippen LogP contribution >= 0.6 is 0 Å². The molecule has 1 atom stereocenters. The summed E-state index contributed by atoms with van der Waals surface area (Å²) in [6.45, 7) is 6.77. The summed E-state index contributed by atoms with van der Waals surface area (Å²) >= 11 is 0. The van der Waals surface area contributed by atoms with Crippen LogP contribution in [0.15, 0.2) is 97.1 Å². The number of carbonyl (C=O) groups excluding carboxylic acids is 3. The first-order valence-corrected chi connectivity index (χ1v) is 16.3. The fraction of sp³-hybridized carbons (Fsp3) is 0.308. The Balaban J connectivity index is 1.20. The molecule has 1 saturated heterocycles. The smallest absolute Gasteiger partial charge is 0.410 e. The van der Waals surface area contributed by atoms with Gasteiger partial charge in [-0.15, -0.1) is 0 Å². The van der Waals surface area contributed by atoms with E-state index in [4.69, 9.17) is 12.2 Å². The highest BCUT2D eigenvalue weighted by molar-refractivity contribution is 5.99. The number of piperazine rings is 1. The highest BCUT2D eigenvalue weighted by Crippen LogP contribution is 2.44. The monoisotopic (exact) mass is 666 g/mol. The van der Waals surface area contributed by atoms with Gasteiger partial charge in [-0.3, -0.25) is 4.79 Å². The number of rotatable bonds is 8. The van der Waals surface area contributed by atoms with Gasteiger partial charge in [0.2, 0.25) is 5.91 Å². The number of anilines is 2. The van der Waals surface area contributed by atoms with Crippen LogP contribution in [0.4, 0.5) is 25.4 Å². The van der Waals surface area contributed by atoms with Crippen LogP contribution in [0.5, 0.6) is 0 Å². The van der Waals surface area contributed by atoms with Crippen molar-refractivity contribution in [2.24, 2.45) is 0 Å². The molecule has 4 aromatic carbocycles. The highest BCUT2D eigenvalue weighted by atomic mass is 19.1. The molecular weight excluding hydrogens is 623 g/mol. The number of hydrogen-bond donors (Lipinski definition) is 2. The molecule has 10 heteroatoms. The lowest BCUT2D eigenvalue weighted by molar-refractivity contribution is -0.118. The van der Waals surface area contributed by atoms with Crippen molar-refractivity contribution in [2.45, 2.75) is 44.7 Å². The summed E-state index contributed by atoms with van der Waals surface area (Å²) in [7, 11) is 0. The predicted octanol–water partition coefficient (Wildman–Crippen LogP) is 6.97. The van der Waals surface area contributed by atoms with Crippen molar-refractivity contribution in [2.75, 3.05) is 43.0 Å². The van der Waals surface area contributed by atoms with Crippen molar-refractivity contribution in [1.82, 2.24) is 10.2 Å². The Kier molecular flexibility index (Phi) is 9.08. The first-order valence-electron chi connectivity index (χ1n) is 17.3. The molecule has 0 spiro atoms. The third-order valence-corrected chi connectivity index (χ3v) is 8.44. The molecule has 1 aliphatic carbocycles. The van der Waals surface area contributed by atoms with Gasteiger partial charge in [0.05, 0.1) is 11.4 Å². The predicted molar refractivity (Wildman–Crippen MR) is 187 cm³/mol. The van der Waals surface area contributed by atoms with Crippen LogP contribution in [0.25, 0.3) is 11.1 Å². The molecule has 4 aromatic rings. The van der Waals surface area contributed by atoms with Crippen LogP contribution in [0.1, 0.15) is 46.1 Å². The van der Waals surface area contributed by atoms with E-state index in [1.807, 2.05) is 53.4 Å². The molecule has 2 N–H and O–H groups in total. The summed E-state index contributed by atoms with van der Waals surface area (Å²) < 4.78 is 43.9. The Morgan fingerprint density at radius 1 is 0.878 bits per heavy atom. The molecule has 254 valence electrons. The number of hydrogen-bond acceptors (Lipinski definition) is 6.